The number of phenolic OH excluding ortho intramolecular Hbond substituents is 1. The lowest BCUT2D eigenvalue weighted by atomic mass is 10.00. The highest BCUT2D eigenvalue weighted by atomic mass is 35.5. The highest BCUT2D eigenvalue weighted by Gasteiger charge is 2.38. The summed E-state index contributed by atoms with van der Waals surface area (Å²) in [5.41, 5.74) is 65.6. The van der Waals surface area contributed by atoms with Gasteiger partial charge in [-0.3, -0.25) is 34.9 Å². The van der Waals surface area contributed by atoms with Gasteiger partial charge in [-0.05, 0) is 261 Å². The Labute approximate surface area is 893 Å². The van der Waals surface area contributed by atoms with E-state index >= 15 is 0 Å². The summed E-state index contributed by atoms with van der Waals surface area (Å²) in [4.78, 5) is 71.1. The highest BCUT2D eigenvalue weighted by molar-refractivity contribution is 7.17. The minimum absolute atomic E-state index is 0. The van der Waals surface area contributed by atoms with Crippen LogP contribution in [0.25, 0.3) is 80.1 Å². The second kappa shape index (κ2) is 43.0. The fraction of sp³-hybridized carbons (Fsp3) is 0.217. The van der Waals surface area contributed by atoms with Crippen molar-refractivity contribution in [3.63, 3.8) is 0 Å². The normalized spacial score (nSPS) is 16.7. The molecule has 9 N–H and O–H groups in total. The van der Waals surface area contributed by atoms with E-state index in [9.17, 15) is 5.11 Å². The number of nitrogens with zero attached hydrogens (tertiary/aromatic N) is 15. The van der Waals surface area contributed by atoms with E-state index in [2.05, 4.69) is 191 Å². The Morgan fingerprint density at radius 3 is 0.884 bits per heavy atom. The Hall–Kier alpha value is -13.4. The molecule has 0 unspecified atom stereocenters. The van der Waals surface area contributed by atoms with Crippen LogP contribution in [0, 0.1) is 0 Å². The van der Waals surface area contributed by atoms with Crippen LogP contribution in [0.2, 0.25) is 0 Å². The predicted octanol–water partition coefficient (Wildman–Crippen LogP) is 22.2. The molecule has 5 aromatic carbocycles. The number of fused-ring (bicyclic) bond motifs is 10. The Morgan fingerprint density at radius 1 is 0.301 bits per heavy atom. The van der Waals surface area contributed by atoms with Crippen LogP contribution in [-0.4, -0.2) is 201 Å². The zero-order chi connectivity index (χ0) is 95.7. The van der Waals surface area contributed by atoms with E-state index in [0.717, 1.165) is 200 Å². The van der Waals surface area contributed by atoms with Gasteiger partial charge >= 0.3 is 0 Å². The number of benzene rings is 5. The number of rotatable bonds is 14. The number of likely N-dealkylation sites (N-methyl/N-ethyl adjacent to an activating group) is 2. The van der Waals surface area contributed by atoms with Gasteiger partial charge in [0.05, 0.1) is 87.3 Å². The lowest BCUT2D eigenvalue weighted by Gasteiger charge is -2.34. The Kier molecular flexibility index (Phi) is 29.4. The van der Waals surface area contributed by atoms with Crippen LogP contribution in [0.3, 0.4) is 0 Å². The Morgan fingerprint density at radius 2 is 0.589 bits per heavy atom. The molecule has 3 fully saturated rings. The van der Waals surface area contributed by atoms with E-state index in [1.54, 1.807) is 25.4 Å². The van der Waals surface area contributed by atoms with E-state index in [1.165, 1.54) is 183 Å². The van der Waals surface area contributed by atoms with Crippen LogP contribution in [0.15, 0.2) is 302 Å². The Bertz CT molecular complexity index is 7790. The molecular formula is C115H107Cl4N19O3S5. The first-order valence-corrected chi connectivity index (χ1v) is 52.4. The summed E-state index contributed by atoms with van der Waals surface area (Å²) in [5.74, 6) is 2.81. The number of morpholine rings is 1. The molecule has 22 nitrogen and oxygen atoms in total. The SMILES string of the molecule is CN1CCN(c2ccc(C3=NCC4=C3Cc3sc(-c5ccc(N)nc5)cc34)cc2)CC1.CN1CCN(c2ccc(C3=NCC4=C3Cc3sc(-c5cccnc5)cc34)cc2)CC1.COc1ccc(C2=NCC3=C2Cc2sc(-c4cncc(N)c4)cc23)cc1.Cl.Cl.Cl.Cl.Nc1ccc(-c2cc3c(s2)CC2=C3CN=C2c2ccc(N3CCOCC3)cc2)cn1.Nc1ccc(-c2cc3c(s2)CC2=C3CN=C2c2ccc(O)cc2)cn1. The van der Waals surface area contributed by atoms with Crippen molar-refractivity contribution in [2.24, 2.45) is 25.0 Å². The maximum absolute atomic E-state index is 9.49. The summed E-state index contributed by atoms with van der Waals surface area (Å²) in [6.07, 6.45) is 17.7. The lowest BCUT2D eigenvalue weighted by molar-refractivity contribution is 0.122. The molecule has 3 saturated heterocycles. The number of phenols is 1. The molecule has 13 aliphatic rings. The maximum atomic E-state index is 9.49. The number of hydrogen-bond acceptors (Lipinski definition) is 27. The van der Waals surface area contributed by atoms with Crippen LogP contribution in [-0.2, 0) is 36.8 Å². The number of allylic oxidation sites excluding steroid dienone is 5. The first-order valence-electron chi connectivity index (χ1n) is 48.3. The summed E-state index contributed by atoms with van der Waals surface area (Å²) < 4.78 is 10.7. The van der Waals surface area contributed by atoms with Crippen molar-refractivity contribution in [2.45, 2.75) is 32.1 Å². The number of ether oxygens (including phenoxy) is 2. The van der Waals surface area contributed by atoms with Crippen LogP contribution in [0.4, 0.5) is 40.2 Å². The van der Waals surface area contributed by atoms with Gasteiger partial charge in [-0.1, -0.05) is 42.5 Å². The molecular weight excluding hydrogens is 2000 g/mol. The van der Waals surface area contributed by atoms with Gasteiger partial charge in [0.25, 0.3) is 0 Å². The fourth-order valence-electron chi connectivity index (χ4n) is 21.1. The molecule has 31 heteroatoms. The predicted molar refractivity (Wildman–Crippen MR) is 617 cm³/mol. The van der Waals surface area contributed by atoms with Crippen LogP contribution in [0.5, 0.6) is 11.5 Å². The standard InChI is InChI=1S/C25H25N5S.C25H24N4S.C24H22N4OS.C21H17N3OS.C20H15N3OS.4ClH/c1-29-8-10-30(11-9-29)18-5-2-16(3-6-18)25-20-13-23-19(21(20)15-28-25)12-22(31-23)17-4-7-24(26)27-14-17;1-28-9-11-29(12-10-28)19-6-4-17(5-7-19)25-21-14-24-20(22(21)16-27-25)13-23(30-24)18-3-2-8-26-15-18;25-23-6-3-16(13-26-23)21-11-18-20-14-27-24(19(20)12-22(18)30-21)15-1-4-17(5-2-15)28-7-9-29-10-8-28;1-25-15-4-2-12(3-5-15)21-17-8-20-16(18(17)11-24-21)7-19(26-20)13-6-14(22)10-23-9-13;21-19-6-3-12(9-22-19)17-7-14-16-10-23-20(15(16)8-18(14)25-17)11-1-4-13(24)5-2-11;;;;/h2-7,12,14H,8-11,13,15H2,1H3,(H2,26,27);2-8,13,15H,9-12,14,16H2,1H3;1-6,11,13H,7-10,12,14H2,(H2,25,26);2-7,9-10H,8,11,22H2,1H3;1-7,9,24H,8,10H2,(H2,21,22);4*1H. The molecule has 0 saturated carbocycles. The van der Waals surface area contributed by atoms with Crippen LogP contribution >= 0.6 is 106 Å². The first-order chi connectivity index (χ1) is 69.6. The topological polar surface area (TPSA) is 285 Å². The molecule has 0 amide bonds. The van der Waals surface area contributed by atoms with Gasteiger partial charge in [0.15, 0.2) is 0 Å². The number of piperazine rings is 2. The molecule has 18 heterocycles. The number of aliphatic imine (C=N–C) groups is 5. The molecule has 8 aliphatic heterocycles. The number of halogens is 4. The molecule has 28 rings (SSSR count). The van der Waals surface area contributed by atoms with Crippen molar-refractivity contribution in [2.75, 3.05) is 170 Å². The zero-order valence-electron chi connectivity index (χ0n) is 80.7. The van der Waals surface area contributed by atoms with E-state index in [0.29, 0.717) is 23.1 Å². The van der Waals surface area contributed by atoms with Crippen LogP contribution < -0.4 is 42.4 Å². The summed E-state index contributed by atoms with van der Waals surface area (Å²) in [6.45, 7) is 16.3. The van der Waals surface area contributed by atoms with Crippen molar-refractivity contribution in [3.05, 3.63) is 358 Å². The Balaban J connectivity index is 0.000000110. The number of nitrogen functional groups attached to an aromatic ring is 4. The number of nitrogens with two attached hydrogens (primary N) is 4. The second-order valence-electron chi connectivity index (χ2n) is 37.5. The highest BCUT2D eigenvalue weighted by Crippen LogP contribution is 2.52. The van der Waals surface area contributed by atoms with Crippen molar-refractivity contribution >= 4 is 203 Å². The van der Waals surface area contributed by atoms with E-state index in [-0.39, 0.29) is 55.4 Å². The number of pyridine rings is 5. The van der Waals surface area contributed by atoms with Gasteiger partial charge in [-0.2, -0.15) is 0 Å². The van der Waals surface area contributed by atoms with Gasteiger partial charge in [0.1, 0.15) is 29.0 Å². The number of anilines is 7. The molecule has 10 aromatic heterocycles. The average molecular weight is 2110 g/mol. The molecule has 0 spiro atoms. The minimum atomic E-state index is 0. The average Bonchev–Trinajstić information content (AvgIpc) is 1.61. The van der Waals surface area contributed by atoms with E-state index in [1.807, 2.05) is 161 Å². The van der Waals surface area contributed by atoms with Gasteiger partial charge in [-0.15, -0.1) is 106 Å². The molecule has 0 radical (unpaired) electrons. The number of aromatic hydroxyl groups is 1. The third kappa shape index (κ3) is 20.0. The molecule has 0 atom stereocenters. The van der Waals surface area contributed by atoms with Gasteiger partial charge in [0.2, 0.25) is 0 Å². The minimum Gasteiger partial charge on any atom is -0.508 e. The third-order valence-electron chi connectivity index (χ3n) is 28.8. The molecule has 738 valence electrons. The molecule has 146 heavy (non-hydrogen) atoms. The summed E-state index contributed by atoms with van der Waals surface area (Å²) >= 11 is 9.28. The van der Waals surface area contributed by atoms with E-state index in [4.69, 9.17) is 57.4 Å². The number of hydrogen-bond donors (Lipinski definition) is 5. The lowest BCUT2D eigenvalue weighted by Crippen LogP contribution is -2.44. The van der Waals surface area contributed by atoms with E-state index < -0.39 is 0 Å². The van der Waals surface area contributed by atoms with Crippen molar-refractivity contribution in [1.82, 2.24) is 34.7 Å². The van der Waals surface area contributed by atoms with Gasteiger partial charge in [0, 0.05) is 262 Å². The smallest absolute Gasteiger partial charge is 0.123 e. The van der Waals surface area contributed by atoms with Crippen molar-refractivity contribution < 1.29 is 14.6 Å². The molecule has 0 bridgehead atoms. The second-order valence-corrected chi connectivity index (χ2v) is 43.2. The molecule has 15 aromatic rings. The largest absolute Gasteiger partial charge is 0.508 e. The van der Waals surface area contributed by atoms with Crippen molar-refractivity contribution in [1.29, 1.82) is 0 Å². The maximum Gasteiger partial charge on any atom is 0.123 e. The summed E-state index contributed by atoms with van der Waals surface area (Å²) in [6, 6.07) is 71.7. The van der Waals surface area contributed by atoms with Gasteiger partial charge < -0.3 is 62.0 Å². The fourth-order valence-corrected chi connectivity index (χ4v) is 27.1. The summed E-state index contributed by atoms with van der Waals surface area (Å²) in [7, 11) is 6.08. The number of methoxy groups -OCH3 is 1. The number of thiophene rings is 5. The monoisotopic (exact) mass is 2100 g/mol. The molecule has 5 aliphatic carbocycles. The first kappa shape index (κ1) is 100.0. The van der Waals surface area contributed by atoms with Crippen molar-refractivity contribution in [3.8, 4) is 63.7 Å². The van der Waals surface area contributed by atoms with Gasteiger partial charge in [-0.25, -0.2) is 15.0 Å². The number of aromatic nitrogens is 5. The summed E-state index contributed by atoms with van der Waals surface area (Å²) in [5, 5.41) is 9.49. The zero-order valence-corrected chi connectivity index (χ0v) is 88.0. The quantitative estimate of drug-likeness (QED) is 0.0676. The van der Waals surface area contributed by atoms with Crippen LogP contribution in [0.1, 0.15) is 80.0 Å². The third-order valence-corrected chi connectivity index (χ3v) is 34.7.